The van der Waals surface area contributed by atoms with Crippen LogP contribution in [0.4, 0.5) is 0 Å². The number of rotatable bonds is 5. The summed E-state index contributed by atoms with van der Waals surface area (Å²) < 4.78 is 1.47. The van der Waals surface area contributed by atoms with Gasteiger partial charge in [-0.1, -0.05) is 18.1 Å². The molecule has 1 aliphatic rings. The lowest BCUT2D eigenvalue weighted by molar-refractivity contribution is -0.122. The Morgan fingerprint density at radius 3 is 3.00 bits per heavy atom. The third-order valence-electron chi connectivity index (χ3n) is 3.53. The fourth-order valence-electron chi connectivity index (χ4n) is 2.38. The fourth-order valence-corrected chi connectivity index (χ4v) is 2.38. The van der Waals surface area contributed by atoms with Crippen LogP contribution in [0.2, 0.25) is 0 Å². The number of aliphatic hydroxyl groups excluding tert-OH is 1. The van der Waals surface area contributed by atoms with E-state index in [2.05, 4.69) is 15.6 Å². The number of carbonyl (C=O) groups excluding carboxylic acids is 1. The van der Waals surface area contributed by atoms with E-state index in [1.54, 1.807) is 6.20 Å². The molecule has 0 spiro atoms. The molecule has 1 saturated carbocycles. The van der Waals surface area contributed by atoms with Gasteiger partial charge in [0.25, 0.3) is 0 Å². The van der Waals surface area contributed by atoms with Crippen molar-refractivity contribution < 1.29 is 9.90 Å². The van der Waals surface area contributed by atoms with Crippen LogP contribution in [0, 0.1) is 5.92 Å². The summed E-state index contributed by atoms with van der Waals surface area (Å²) in [5, 5.41) is 20.3. The summed E-state index contributed by atoms with van der Waals surface area (Å²) in [4.78, 5) is 11.7. The minimum atomic E-state index is -0.288. The van der Waals surface area contributed by atoms with Crippen molar-refractivity contribution in [3.05, 3.63) is 11.9 Å². The normalized spacial score (nSPS) is 23.3. The molecule has 1 aromatic heterocycles. The van der Waals surface area contributed by atoms with E-state index in [1.165, 1.54) is 4.68 Å². The highest BCUT2D eigenvalue weighted by Crippen LogP contribution is 2.23. The van der Waals surface area contributed by atoms with Gasteiger partial charge >= 0.3 is 0 Å². The molecular formula is C12H21N5O2. The van der Waals surface area contributed by atoms with Crippen LogP contribution in [0.3, 0.4) is 0 Å². The highest BCUT2D eigenvalue weighted by Gasteiger charge is 2.23. The van der Waals surface area contributed by atoms with Crippen molar-refractivity contribution in [2.75, 3.05) is 6.54 Å². The molecule has 0 aliphatic heterocycles. The Balaban J connectivity index is 1.74. The summed E-state index contributed by atoms with van der Waals surface area (Å²) in [5.41, 5.74) is 6.08. The van der Waals surface area contributed by atoms with Crippen molar-refractivity contribution in [3.63, 3.8) is 0 Å². The van der Waals surface area contributed by atoms with Crippen LogP contribution in [0.1, 0.15) is 31.4 Å². The highest BCUT2D eigenvalue weighted by molar-refractivity contribution is 5.75. The maximum absolute atomic E-state index is 11.7. The molecule has 0 aromatic carbocycles. The van der Waals surface area contributed by atoms with E-state index < -0.39 is 0 Å². The predicted molar refractivity (Wildman–Crippen MR) is 68.9 cm³/mol. The average Bonchev–Trinajstić information content (AvgIpc) is 2.85. The number of amides is 1. The number of hydrogen-bond acceptors (Lipinski definition) is 5. The lowest BCUT2D eigenvalue weighted by Gasteiger charge is -2.27. The second-order valence-corrected chi connectivity index (χ2v) is 5.03. The molecule has 2 unspecified atom stereocenters. The first-order valence-electron chi connectivity index (χ1n) is 6.73. The van der Waals surface area contributed by atoms with Gasteiger partial charge in [-0.3, -0.25) is 4.79 Å². The van der Waals surface area contributed by atoms with Crippen molar-refractivity contribution >= 4 is 5.91 Å². The minimum absolute atomic E-state index is 0.119. The monoisotopic (exact) mass is 267 g/mol. The van der Waals surface area contributed by atoms with Gasteiger partial charge in [0.1, 0.15) is 6.54 Å². The van der Waals surface area contributed by atoms with Gasteiger partial charge in [0.2, 0.25) is 5.91 Å². The highest BCUT2D eigenvalue weighted by atomic mass is 16.3. The molecule has 7 nitrogen and oxygen atoms in total. The van der Waals surface area contributed by atoms with Crippen LogP contribution in [0.25, 0.3) is 0 Å². The SMILES string of the molecule is NCc1cn(CC(=O)NCC2CCCCC2O)nn1. The molecule has 1 fully saturated rings. The van der Waals surface area contributed by atoms with Gasteiger partial charge in [-0.2, -0.15) is 0 Å². The topological polar surface area (TPSA) is 106 Å². The summed E-state index contributed by atoms with van der Waals surface area (Å²) in [5.74, 6) is 0.0549. The molecule has 106 valence electrons. The largest absolute Gasteiger partial charge is 0.393 e. The summed E-state index contributed by atoms with van der Waals surface area (Å²) in [7, 11) is 0. The Bertz CT molecular complexity index is 420. The molecule has 0 bridgehead atoms. The smallest absolute Gasteiger partial charge is 0.241 e. The van der Waals surface area contributed by atoms with Gasteiger partial charge in [-0.15, -0.1) is 5.10 Å². The van der Waals surface area contributed by atoms with E-state index >= 15 is 0 Å². The Morgan fingerprint density at radius 1 is 1.53 bits per heavy atom. The molecule has 1 aromatic rings. The zero-order valence-electron chi connectivity index (χ0n) is 11.0. The summed E-state index contributed by atoms with van der Waals surface area (Å²) in [6.45, 7) is 0.976. The lowest BCUT2D eigenvalue weighted by atomic mass is 9.86. The van der Waals surface area contributed by atoms with Gasteiger partial charge in [0, 0.05) is 19.0 Å². The zero-order chi connectivity index (χ0) is 13.7. The maximum Gasteiger partial charge on any atom is 0.241 e. The van der Waals surface area contributed by atoms with Crippen molar-refractivity contribution in [3.8, 4) is 0 Å². The number of nitrogens with two attached hydrogens (primary N) is 1. The van der Waals surface area contributed by atoms with Crippen LogP contribution < -0.4 is 11.1 Å². The molecule has 0 saturated heterocycles. The van der Waals surface area contributed by atoms with Crippen molar-refractivity contribution in [1.29, 1.82) is 0 Å². The molecule has 2 rings (SSSR count). The van der Waals surface area contributed by atoms with Crippen molar-refractivity contribution in [2.45, 2.75) is 44.9 Å². The van der Waals surface area contributed by atoms with E-state index in [0.717, 1.165) is 25.7 Å². The number of aromatic nitrogens is 3. The summed E-state index contributed by atoms with van der Waals surface area (Å²) in [6.07, 6.45) is 5.39. The second kappa shape index (κ2) is 6.63. The van der Waals surface area contributed by atoms with Crippen molar-refractivity contribution in [1.82, 2.24) is 20.3 Å². The zero-order valence-corrected chi connectivity index (χ0v) is 11.0. The van der Waals surface area contributed by atoms with E-state index in [9.17, 15) is 9.90 Å². The molecule has 19 heavy (non-hydrogen) atoms. The van der Waals surface area contributed by atoms with Crippen molar-refractivity contribution in [2.24, 2.45) is 11.7 Å². The first-order valence-corrected chi connectivity index (χ1v) is 6.73. The summed E-state index contributed by atoms with van der Waals surface area (Å²) in [6, 6.07) is 0. The molecule has 7 heteroatoms. The maximum atomic E-state index is 11.7. The lowest BCUT2D eigenvalue weighted by Crippen LogP contribution is -2.38. The van der Waals surface area contributed by atoms with Crippen LogP contribution in [0.15, 0.2) is 6.20 Å². The Morgan fingerprint density at radius 2 is 2.32 bits per heavy atom. The van der Waals surface area contributed by atoms with Crippen LogP contribution in [0.5, 0.6) is 0 Å². The van der Waals surface area contributed by atoms with Gasteiger partial charge in [0.05, 0.1) is 18.0 Å². The molecule has 0 radical (unpaired) electrons. The number of carbonyl (C=O) groups is 1. The molecule has 1 amide bonds. The number of hydrogen-bond donors (Lipinski definition) is 3. The van der Waals surface area contributed by atoms with Gasteiger partial charge in [-0.25, -0.2) is 4.68 Å². The van der Waals surface area contributed by atoms with E-state index in [0.29, 0.717) is 18.8 Å². The predicted octanol–water partition coefficient (Wildman–Crippen LogP) is -0.596. The third-order valence-corrected chi connectivity index (χ3v) is 3.53. The summed E-state index contributed by atoms with van der Waals surface area (Å²) >= 11 is 0. The van der Waals surface area contributed by atoms with Gasteiger partial charge in [0.15, 0.2) is 0 Å². The Labute approximate surface area is 112 Å². The number of nitrogens with zero attached hydrogens (tertiary/aromatic N) is 3. The minimum Gasteiger partial charge on any atom is -0.393 e. The first kappa shape index (κ1) is 14.0. The van der Waals surface area contributed by atoms with Gasteiger partial charge < -0.3 is 16.2 Å². The van der Waals surface area contributed by atoms with E-state index in [-0.39, 0.29) is 24.5 Å². The molecule has 4 N–H and O–H groups in total. The number of nitrogens with one attached hydrogen (secondary N) is 1. The van der Waals surface area contributed by atoms with E-state index in [1.807, 2.05) is 0 Å². The van der Waals surface area contributed by atoms with Crippen LogP contribution >= 0.6 is 0 Å². The first-order chi connectivity index (χ1) is 9.19. The van der Waals surface area contributed by atoms with Crippen LogP contribution in [-0.4, -0.2) is 38.7 Å². The fraction of sp³-hybridized carbons (Fsp3) is 0.750. The van der Waals surface area contributed by atoms with Gasteiger partial charge in [-0.05, 0) is 12.8 Å². The van der Waals surface area contributed by atoms with Crippen LogP contribution in [-0.2, 0) is 17.9 Å². The molecular weight excluding hydrogens is 246 g/mol. The average molecular weight is 267 g/mol. The molecule has 2 atom stereocenters. The third kappa shape index (κ3) is 4.00. The standard InChI is InChI=1S/C12H21N5O2/c13-5-10-7-17(16-15-10)8-12(19)14-6-9-3-1-2-4-11(9)18/h7,9,11,18H,1-6,8,13H2,(H,14,19). The second-order valence-electron chi connectivity index (χ2n) is 5.03. The number of aliphatic hydroxyl groups is 1. The Kier molecular flexibility index (Phi) is 4.86. The Hall–Kier alpha value is -1.47. The molecule has 1 heterocycles. The van der Waals surface area contributed by atoms with E-state index in [4.69, 9.17) is 5.73 Å². The quantitative estimate of drug-likeness (QED) is 0.661. The molecule has 1 aliphatic carbocycles.